The molecular weight excluding hydrogens is 350 g/mol. The van der Waals surface area contributed by atoms with Gasteiger partial charge in [0.2, 0.25) is 5.91 Å². The predicted molar refractivity (Wildman–Crippen MR) is 90.1 cm³/mol. The summed E-state index contributed by atoms with van der Waals surface area (Å²) >= 11 is 1.29. The summed E-state index contributed by atoms with van der Waals surface area (Å²) in [6.07, 6.45) is 1.56. The highest BCUT2D eigenvalue weighted by Crippen LogP contribution is 2.23. The predicted octanol–water partition coefficient (Wildman–Crippen LogP) is 0.256. The standard InChI is InChI=1S/C14H21N5O3S2/c1-18(6-3-5-15)13(20)9-23-14-17-16-12(19(14)2)8-11-4-7-24(21,22)10-11/h11H,3-4,6-10H2,1-2H3/t11-/m0/s1. The van der Waals surface area contributed by atoms with E-state index in [4.69, 9.17) is 5.26 Å². The zero-order valence-corrected chi connectivity index (χ0v) is 15.4. The highest BCUT2D eigenvalue weighted by molar-refractivity contribution is 7.99. The van der Waals surface area contributed by atoms with E-state index < -0.39 is 9.84 Å². The largest absolute Gasteiger partial charge is 0.344 e. The molecule has 132 valence electrons. The average Bonchev–Trinajstić information content (AvgIpc) is 3.05. The van der Waals surface area contributed by atoms with E-state index in [0.717, 1.165) is 5.82 Å². The lowest BCUT2D eigenvalue weighted by atomic mass is 10.1. The molecule has 0 N–H and O–H groups in total. The Balaban J connectivity index is 1.88. The third-order valence-electron chi connectivity index (χ3n) is 4.03. The topological polar surface area (TPSA) is 109 Å². The van der Waals surface area contributed by atoms with E-state index in [1.54, 1.807) is 7.05 Å². The molecule has 1 aromatic rings. The van der Waals surface area contributed by atoms with Crippen LogP contribution in [0, 0.1) is 17.2 Å². The monoisotopic (exact) mass is 371 g/mol. The normalized spacial score (nSPS) is 19.1. The van der Waals surface area contributed by atoms with E-state index in [9.17, 15) is 13.2 Å². The maximum absolute atomic E-state index is 12.0. The van der Waals surface area contributed by atoms with E-state index in [2.05, 4.69) is 10.2 Å². The molecule has 1 atom stereocenters. The molecule has 0 saturated carbocycles. The molecule has 1 aromatic heterocycles. The van der Waals surface area contributed by atoms with Crippen LogP contribution in [0.1, 0.15) is 18.7 Å². The van der Waals surface area contributed by atoms with E-state index in [-0.39, 0.29) is 29.1 Å². The fraction of sp³-hybridized carbons (Fsp3) is 0.714. The molecule has 24 heavy (non-hydrogen) atoms. The van der Waals surface area contributed by atoms with Gasteiger partial charge in [0.25, 0.3) is 0 Å². The molecule has 8 nitrogen and oxygen atoms in total. The Labute approximate surface area is 146 Å². The van der Waals surface area contributed by atoms with Crippen molar-refractivity contribution in [3.63, 3.8) is 0 Å². The zero-order valence-electron chi connectivity index (χ0n) is 13.8. The Morgan fingerprint density at radius 3 is 2.88 bits per heavy atom. The number of hydrogen-bond donors (Lipinski definition) is 0. The van der Waals surface area contributed by atoms with E-state index in [0.29, 0.717) is 31.0 Å². The molecule has 0 aromatic carbocycles. The van der Waals surface area contributed by atoms with E-state index in [1.165, 1.54) is 16.7 Å². The van der Waals surface area contributed by atoms with Crippen LogP contribution in [0.15, 0.2) is 5.16 Å². The van der Waals surface area contributed by atoms with E-state index >= 15 is 0 Å². The molecule has 1 aliphatic heterocycles. The third kappa shape index (κ3) is 4.95. The Morgan fingerprint density at radius 1 is 1.50 bits per heavy atom. The van der Waals surface area contributed by atoms with Crippen LogP contribution in [0.25, 0.3) is 0 Å². The van der Waals surface area contributed by atoms with Crippen molar-refractivity contribution in [2.45, 2.75) is 24.4 Å². The smallest absolute Gasteiger partial charge is 0.232 e. The van der Waals surface area contributed by atoms with Crippen molar-refractivity contribution in [2.24, 2.45) is 13.0 Å². The summed E-state index contributed by atoms with van der Waals surface area (Å²) in [4.78, 5) is 13.5. The SMILES string of the molecule is CN(CCC#N)C(=O)CSc1nnc(C[C@@H]2CCS(=O)(=O)C2)n1C. The quantitative estimate of drug-likeness (QED) is 0.632. The summed E-state index contributed by atoms with van der Waals surface area (Å²) in [5, 5.41) is 17.4. The molecule has 0 radical (unpaired) electrons. The molecule has 1 aliphatic rings. The number of nitriles is 1. The van der Waals surface area contributed by atoms with Gasteiger partial charge in [0.15, 0.2) is 15.0 Å². The first-order valence-corrected chi connectivity index (χ1v) is 10.5. The summed E-state index contributed by atoms with van der Waals surface area (Å²) in [5.74, 6) is 1.46. The minimum absolute atomic E-state index is 0.0679. The minimum Gasteiger partial charge on any atom is -0.344 e. The summed E-state index contributed by atoms with van der Waals surface area (Å²) in [5.41, 5.74) is 0. The van der Waals surface area contributed by atoms with Gasteiger partial charge >= 0.3 is 0 Å². The van der Waals surface area contributed by atoms with Gasteiger partial charge in [-0.15, -0.1) is 10.2 Å². The van der Waals surface area contributed by atoms with E-state index in [1.807, 2.05) is 17.7 Å². The lowest BCUT2D eigenvalue weighted by Crippen LogP contribution is -2.29. The summed E-state index contributed by atoms with van der Waals surface area (Å²) in [6.45, 7) is 0.413. The van der Waals surface area contributed by atoms with Gasteiger partial charge in [0.1, 0.15) is 5.82 Å². The van der Waals surface area contributed by atoms with Crippen molar-refractivity contribution < 1.29 is 13.2 Å². The van der Waals surface area contributed by atoms with Crippen molar-refractivity contribution in [3.8, 4) is 6.07 Å². The first-order chi connectivity index (χ1) is 11.3. The van der Waals surface area contributed by atoms with Crippen LogP contribution in [-0.4, -0.2) is 64.8 Å². The van der Waals surface area contributed by atoms with Crippen LogP contribution in [-0.2, 0) is 28.1 Å². The van der Waals surface area contributed by atoms with Gasteiger partial charge < -0.3 is 9.47 Å². The molecule has 0 spiro atoms. The van der Waals surface area contributed by atoms with Crippen molar-refractivity contribution in [3.05, 3.63) is 5.82 Å². The van der Waals surface area contributed by atoms with Gasteiger partial charge in [0, 0.05) is 27.1 Å². The number of hydrogen-bond acceptors (Lipinski definition) is 7. The fourth-order valence-corrected chi connectivity index (χ4v) is 5.25. The van der Waals surface area contributed by atoms with Gasteiger partial charge in [-0.05, 0) is 12.3 Å². The number of sulfone groups is 1. The molecule has 1 amide bonds. The molecule has 2 heterocycles. The Kier molecular flexibility index (Phi) is 6.23. The molecular formula is C14H21N5O3S2. The molecule has 0 unspecified atom stereocenters. The first-order valence-electron chi connectivity index (χ1n) is 7.65. The average molecular weight is 371 g/mol. The van der Waals surface area contributed by atoms with Gasteiger partial charge in [0.05, 0.1) is 29.7 Å². The summed E-state index contributed by atoms with van der Waals surface area (Å²) < 4.78 is 24.9. The number of aromatic nitrogens is 3. The molecule has 2 rings (SSSR count). The van der Waals surface area contributed by atoms with Crippen LogP contribution in [0.5, 0.6) is 0 Å². The Bertz CT molecular complexity index is 738. The lowest BCUT2D eigenvalue weighted by Gasteiger charge is -2.14. The van der Waals surface area contributed by atoms with Crippen molar-refractivity contribution in [2.75, 3.05) is 30.9 Å². The van der Waals surface area contributed by atoms with Crippen LogP contribution in [0.4, 0.5) is 0 Å². The number of carbonyl (C=O) groups excluding carboxylic acids is 1. The van der Waals surface area contributed by atoms with Crippen LogP contribution < -0.4 is 0 Å². The number of amides is 1. The minimum atomic E-state index is -2.90. The fourth-order valence-electron chi connectivity index (χ4n) is 2.52. The highest BCUT2D eigenvalue weighted by atomic mass is 32.2. The lowest BCUT2D eigenvalue weighted by molar-refractivity contribution is -0.127. The van der Waals surface area contributed by atoms with Gasteiger partial charge in [-0.1, -0.05) is 11.8 Å². The molecule has 1 fully saturated rings. The van der Waals surface area contributed by atoms with Crippen LogP contribution in [0.3, 0.4) is 0 Å². The first kappa shape index (κ1) is 18.7. The van der Waals surface area contributed by atoms with Gasteiger partial charge in [-0.3, -0.25) is 4.79 Å². The second-order valence-corrected chi connectivity index (χ2v) is 9.11. The van der Waals surface area contributed by atoms with Crippen LogP contribution in [0.2, 0.25) is 0 Å². The number of rotatable bonds is 7. The zero-order chi connectivity index (χ0) is 17.7. The third-order valence-corrected chi connectivity index (χ3v) is 6.87. The molecule has 0 bridgehead atoms. The number of nitrogens with zero attached hydrogens (tertiary/aromatic N) is 5. The summed E-state index contributed by atoms with van der Waals surface area (Å²) in [6, 6.07) is 2.01. The van der Waals surface area contributed by atoms with Gasteiger partial charge in [-0.2, -0.15) is 5.26 Å². The molecule has 10 heteroatoms. The second kappa shape index (κ2) is 7.98. The van der Waals surface area contributed by atoms with Gasteiger partial charge in [-0.25, -0.2) is 8.42 Å². The van der Waals surface area contributed by atoms with Crippen molar-refractivity contribution in [1.29, 1.82) is 5.26 Å². The Morgan fingerprint density at radius 2 is 2.25 bits per heavy atom. The Hall–Kier alpha value is -1.60. The maximum Gasteiger partial charge on any atom is 0.232 e. The highest BCUT2D eigenvalue weighted by Gasteiger charge is 2.29. The second-order valence-electron chi connectivity index (χ2n) is 5.94. The number of thioether (sulfide) groups is 1. The number of carbonyl (C=O) groups is 1. The summed E-state index contributed by atoms with van der Waals surface area (Å²) in [7, 11) is 0.598. The molecule has 1 saturated heterocycles. The van der Waals surface area contributed by atoms with Crippen molar-refractivity contribution in [1.82, 2.24) is 19.7 Å². The molecule has 0 aliphatic carbocycles. The van der Waals surface area contributed by atoms with Crippen molar-refractivity contribution >= 4 is 27.5 Å². The maximum atomic E-state index is 12.0. The van der Waals surface area contributed by atoms with Crippen LogP contribution >= 0.6 is 11.8 Å².